The SMILES string of the molecule is CC(CCl)N(C)C(=O)c1csc(I)c1. The van der Waals surface area contributed by atoms with Crippen LogP contribution < -0.4 is 0 Å². The van der Waals surface area contributed by atoms with Crippen molar-refractivity contribution in [3.63, 3.8) is 0 Å². The van der Waals surface area contributed by atoms with E-state index < -0.39 is 0 Å². The topological polar surface area (TPSA) is 20.3 Å². The van der Waals surface area contributed by atoms with Crippen LogP contribution in [-0.2, 0) is 0 Å². The van der Waals surface area contributed by atoms with Crippen molar-refractivity contribution < 1.29 is 4.79 Å². The number of nitrogens with zero attached hydrogens (tertiary/aromatic N) is 1. The highest BCUT2D eigenvalue weighted by Gasteiger charge is 2.17. The van der Waals surface area contributed by atoms with Gasteiger partial charge in [0.1, 0.15) is 0 Å². The van der Waals surface area contributed by atoms with Gasteiger partial charge < -0.3 is 4.90 Å². The van der Waals surface area contributed by atoms with Gasteiger partial charge in [0.15, 0.2) is 0 Å². The molecule has 1 rings (SSSR count). The molecule has 1 amide bonds. The maximum atomic E-state index is 11.8. The van der Waals surface area contributed by atoms with Crippen molar-refractivity contribution in [1.29, 1.82) is 0 Å². The molecule has 14 heavy (non-hydrogen) atoms. The first-order valence-corrected chi connectivity index (χ1v) is 6.62. The average Bonchev–Trinajstić information content (AvgIpc) is 2.61. The van der Waals surface area contributed by atoms with E-state index in [2.05, 4.69) is 22.6 Å². The third-order valence-corrected chi connectivity index (χ3v) is 4.25. The molecule has 1 aromatic heterocycles. The lowest BCUT2D eigenvalue weighted by Gasteiger charge is -2.22. The van der Waals surface area contributed by atoms with E-state index in [-0.39, 0.29) is 11.9 Å². The molecule has 0 aliphatic rings. The summed E-state index contributed by atoms with van der Waals surface area (Å²) in [6.45, 7) is 1.93. The number of hydrogen-bond donors (Lipinski definition) is 0. The van der Waals surface area contributed by atoms with Gasteiger partial charge in [0.05, 0.1) is 8.45 Å². The fourth-order valence-corrected chi connectivity index (χ4v) is 2.46. The Balaban J connectivity index is 2.75. The fraction of sp³-hybridized carbons (Fsp3) is 0.444. The lowest BCUT2D eigenvalue weighted by Crippen LogP contribution is -2.35. The highest BCUT2D eigenvalue weighted by molar-refractivity contribution is 14.1. The van der Waals surface area contributed by atoms with Crippen LogP contribution in [0, 0.1) is 2.88 Å². The van der Waals surface area contributed by atoms with Crippen LogP contribution in [-0.4, -0.2) is 29.8 Å². The van der Waals surface area contributed by atoms with Gasteiger partial charge in [-0.2, -0.15) is 0 Å². The van der Waals surface area contributed by atoms with E-state index in [0.717, 1.165) is 8.45 Å². The summed E-state index contributed by atoms with van der Waals surface area (Å²) < 4.78 is 1.12. The molecule has 1 aromatic rings. The molecule has 5 heteroatoms. The summed E-state index contributed by atoms with van der Waals surface area (Å²) in [5.41, 5.74) is 0.749. The van der Waals surface area contributed by atoms with E-state index >= 15 is 0 Å². The Morgan fingerprint density at radius 2 is 2.43 bits per heavy atom. The predicted octanol–water partition coefficient (Wildman–Crippen LogP) is 3.05. The first-order valence-electron chi connectivity index (χ1n) is 4.13. The van der Waals surface area contributed by atoms with Crippen LogP contribution in [0.25, 0.3) is 0 Å². The van der Waals surface area contributed by atoms with E-state index in [1.807, 2.05) is 18.4 Å². The molecule has 1 heterocycles. The van der Waals surface area contributed by atoms with Crippen LogP contribution in [0.4, 0.5) is 0 Å². The molecule has 1 unspecified atom stereocenters. The number of alkyl halides is 1. The normalized spacial score (nSPS) is 12.6. The van der Waals surface area contributed by atoms with Crippen molar-refractivity contribution in [1.82, 2.24) is 4.90 Å². The summed E-state index contributed by atoms with van der Waals surface area (Å²) in [5, 5.41) is 1.88. The Hall–Kier alpha value is 0.190. The van der Waals surface area contributed by atoms with Crippen molar-refractivity contribution in [2.24, 2.45) is 0 Å². The molecule has 0 radical (unpaired) electrons. The first-order chi connectivity index (χ1) is 6.56. The number of carbonyl (C=O) groups is 1. The third-order valence-electron chi connectivity index (χ3n) is 2.02. The highest BCUT2D eigenvalue weighted by Crippen LogP contribution is 2.18. The zero-order chi connectivity index (χ0) is 10.7. The number of halogens is 2. The lowest BCUT2D eigenvalue weighted by molar-refractivity contribution is 0.0757. The molecule has 0 saturated heterocycles. The second kappa shape index (κ2) is 5.32. The van der Waals surface area contributed by atoms with Gasteiger partial charge in [-0.15, -0.1) is 22.9 Å². The number of thiophene rings is 1. The Morgan fingerprint density at radius 3 is 2.86 bits per heavy atom. The van der Waals surface area contributed by atoms with Crippen molar-refractivity contribution in [2.45, 2.75) is 13.0 Å². The Bertz CT molecular complexity index is 328. The molecule has 0 N–H and O–H groups in total. The molecule has 1 atom stereocenters. The van der Waals surface area contributed by atoms with E-state index in [4.69, 9.17) is 11.6 Å². The maximum Gasteiger partial charge on any atom is 0.254 e. The highest BCUT2D eigenvalue weighted by atomic mass is 127. The number of carbonyl (C=O) groups excluding carboxylic acids is 1. The average molecular weight is 344 g/mol. The second-order valence-corrected chi connectivity index (χ2v) is 6.17. The molecule has 0 aliphatic carbocycles. The van der Waals surface area contributed by atoms with E-state index in [0.29, 0.717) is 5.88 Å². The second-order valence-electron chi connectivity index (χ2n) is 3.06. The summed E-state index contributed by atoms with van der Waals surface area (Å²) in [4.78, 5) is 13.5. The monoisotopic (exact) mass is 343 g/mol. The first kappa shape index (κ1) is 12.3. The van der Waals surface area contributed by atoms with Crippen LogP contribution in [0.1, 0.15) is 17.3 Å². The molecule has 2 nitrogen and oxygen atoms in total. The summed E-state index contributed by atoms with van der Waals surface area (Å²) in [5.74, 6) is 0.501. The number of rotatable bonds is 3. The largest absolute Gasteiger partial charge is 0.338 e. The number of amides is 1. The summed E-state index contributed by atoms with van der Waals surface area (Å²) in [7, 11) is 1.78. The van der Waals surface area contributed by atoms with Gasteiger partial charge in [0.2, 0.25) is 0 Å². The van der Waals surface area contributed by atoms with Gasteiger partial charge in [-0.1, -0.05) is 0 Å². The van der Waals surface area contributed by atoms with Crippen LogP contribution in [0.5, 0.6) is 0 Å². The van der Waals surface area contributed by atoms with Gasteiger partial charge in [0, 0.05) is 24.3 Å². The predicted molar refractivity (Wildman–Crippen MR) is 69.3 cm³/mol. The van der Waals surface area contributed by atoms with Crippen LogP contribution in [0.15, 0.2) is 11.4 Å². The molecule has 0 bridgehead atoms. The molecule has 0 aromatic carbocycles. The Kier molecular flexibility index (Phi) is 4.66. The molecule has 0 saturated carbocycles. The molecular weight excluding hydrogens is 333 g/mol. The summed E-state index contributed by atoms with van der Waals surface area (Å²) >= 11 is 9.47. The Labute approximate surface area is 106 Å². The minimum absolute atomic E-state index is 0.0392. The zero-order valence-corrected chi connectivity index (χ0v) is 11.7. The van der Waals surface area contributed by atoms with Gasteiger partial charge >= 0.3 is 0 Å². The molecule has 0 spiro atoms. The molecule has 0 fully saturated rings. The molecule has 78 valence electrons. The maximum absolute atomic E-state index is 11.8. The van der Waals surface area contributed by atoms with Crippen molar-refractivity contribution in [3.05, 3.63) is 19.9 Å². The Morgan fingerprint density at radius 1 is 1.79 bits per heavy atom. The van der Waals surface area contributed by atoms with Gasteiger partial charge in [0.25, 0.3) is 5.91 Å². The summed E-state index contributed by atoms with van der Waals surface area (Å²) in [6.07, 6.45) is 0. The smallest absolute Gasteiger partial charge is 0.254 e. The third kappa shape index (κ3) is 2.84. The zero-order valence-electron chi connectivity index (χ0n) is 7.96. The van der Waals surface area contributed by atoms with Crippen molar-refractivity contribution in [3.8, 4) is 0 Å². The number of hydrogen-bond acceptors (Lipinski definition) is 2. The van der Waals surface area contributed by atoms with Crippen molar-refractivity contribution >= 4 is 51.4 Å². The van der Waals surface area contributed by atoms with Gasteiger partial charge in [-0.25, -0.2) is 0 Å². The van der Waals surface area contributed by atoms with Gasteiger partial charge in [-0.05, 0) is 35.6 Å². The van der Waals surface area contributed by atoms with Gasteiger partial charge in [-0.3, -0.25) is 4.79 Å². The lowest BCUT2D eigenvalue weighted by atomic mass is 10.2. The molecule has 0 aliphatic heterocycles. The van der Waals surface area contributed by atoms with Crippen LogP contribution in [0.3, 0.4) is 0 Å². The van der Waals surface area contributed by atoms with E-state index in [9.17, 15) is 4.79 Å². The quantitative estimate of drug-likeness (QED) is 0.610. The molecular formula is C9H11ClINOS. The van der Waals surface area contributed by atoms with Crippen molar-refractivity contribution in [2.75, 3.05) is 12.9 Å². The summed E-state index contributed by atoms with van der Waals surface area (Å²) in [6, 6.07) is 1.96. The van der Waals surface area contributed by atoms with Crippen LogP contribution >= 0.6 is 45.5 Å². The minimum Gasteiger partial charge on any atom is -0.338 e. The fourth-order valence-electron chi connectivity index (χ4n) is 0.930. The van der Waals surface area contributed by atoms with Crippen LogP contribution in [0.2, 0.25) is 0 Å². The standard InChI is InChI=1S/C9H11ClINOS/c1-6(4-10)12(2)9(13)7-3-8(11)14-5-7/h3,5-6H,4H2,1-2H3. The minimum atomic E-state index is 0.0392. The van der Waals surface area contributed by atoms with E-state index in [1.54, 1.807) is 23.3 Å². The van der Waals surface area contributed by atoms with E-state index in [1.165, 1.54) is 0 Å².